The van der Waals surface area contributed by atoms with Crippen molar-refractivity contribution in [2.45, 2.75) is 32.9 Å². The van der Waals surface area contributed by atoms with E-state index in [1.165, 1.54) is 30.1 Å². The van der Waals surface area contributed by atoms with Crippen LogP contribution in [0.25, 0.3) is 0 Å². The van der Waals surface area contributed by atoms with Gasteiger partial charge in [-0.3, -0.25) is 13.9 Å². The highest BCUT2D eigenvalue weighted by Crippen LogP contribution is 2.27. The van der Waals surface area contributed by atoms with Crippen LogP contribution in [0.15, 0.2) is 42.5 Å². The Morgan fingerprint density at radius 3 is 2.22 bits per heavy atom. The second-order valence-electron chi connectivity index (χ2n) is 7.45. The summed E-state index contributed by atoms with van der Waals surface area (Å²) in [4.78, 5) is 27.3. The molecular formula is C22H27Cl2N3O4S. The monoisotopic (exact) mass is 499 g/mol. The molecule has 2 rings (SSSR count). The molecule has 0 bridgehead atoms. The highest BCUT2D eigenvalue weighted by Gasteiger charge is 2.31. The average molecular weight is 500 g/mol. The molecule has 1 atom stereocenters. The van der Waals surface area contributed by atoms with E-state index in [2.05, 4.69) is 5.32 Å². The summed E-state index contributed by atoms with van der Waals surface area (Å²) in [7, 11) is -2.35. The molecule has 10 heteroatoms. The van der Waals surface area contributed by atoms with E-state index < -0.39 is 28.5 Å². The van der Waals surface area contributed by atoms with Crippen LogP contribution in [0.3, 0.4) is 0 Å². The quantitative estimate of drug-likeness (QED) is 0.570. The zero-order valence-electron chi connectivity index (χ0n) is 18.4. The van der Waals surface area contributed by atoms with Crippen LogP contribution in [0.4, 0.5) is 5.69 Å². The summed E-state index contributed by atoms with van der Waals surface area (Å²) in [6.07, 6.45) is 1.36. The molecule has 0 aliphatic heterocycles. The third-order valence-electron chi connectivity index (χ3n) is 4.88. The van der Waals surface area contributed by atoms with Crippen LogP contribution in [-0.4, -0.2) is 51.0 Å². The summed E-state index contributed by atoms with van der Waals surface area (Å²) >= 11 is 12.1. The fraction of sp³-hybridized carbons (Fsp3) is 0.364. The van der Waals surface area contributed by atoms with Crippen molar-refractivity contribution in [1.29, 1.82) is 0 Å². The minimum Gasteiger partial charge on any atom is -0.357 e. The van der Waals surface area contributed by atoms with Gasteiger partial charge in [-0.15, -0.1) is 0 Å². The predicted molar refractivity (Wildman–Crippen MR) is 129 cm³/mol. The van der Waals surface area contributed by atoms with Gasteiger partial charge in [-0.2, -0.15) is 0 Å². The van der Waals surface area contributed by atoms with Gasteiger partial charge in [0.05, 0.1) is 11.9 Å². The molecule has 32 heavy (non-hydrogen) atoms. The number of hydrogen-bond donors (Lipinski definition) is 1. The molecule has 0 fully saturated rings. The second kappa shape index (κ2) is 11.0. The lowest BCUT2D eigenvalue weighted by Crippen LogP contribution is -2.51. The molecule has 0 aromatic heterocycles. The van der Waals surface area contributed by atoms with Crippen molar-refractivity contribution in [2.24, 2.45) is 0 Å². The zero-order chi connectivity index (χ0) is 24.1. The number of likely N-dealkylation sites (N-methyl/N-ethyl adjacent to an activating group) is 1. The van der Waals surface area contributed by atoms with Gasteiger partial charge in [0, 0.05) is 23.6 Å². The number of amides is 2. The van der Waals surface area contributed by atoms with Crippen LogP contribution < -0.4 is 9.62 Å². The first-order chi connectivity index (χ1) is 15.0. The standard InChI is InChI=1S/C22H27Cl2N3O4S/c1-5-20(22(29)25-3)26(13-16-8-6-7-15(2)9-16)21(28)14-27(32(4,30)31)19-11-17(23)10-18(24)12-19/h6-12,20H,5,13-14H2,1-4H3,(H,25,29)/t20-/m0/s1. The maximum Gasteiger partial charge on any atom is 0.244 e. The Morgan fingerprint density at radius 1 is 1.09 bits per heavy atom. The van der Waals surface area contributed by atoms with Crippen molar-refractivity contribution in [3.63, 3.8) is 0 Å². The molecule has 7 nitrogen and oxygen atoms in total. The van der Waals surface area contributed by atoms with Crippen molar-refractivity contribution in [2.75, 3.05) is 24.2 Å². The lowest BCUT2D eigenvalue weighted by molar-refractivity contribution is -0.140. The lowest BCUT2D eigenvalue weighted by atomic mass is 10.1. The van der Waals surface area contributed by atoms with Gasteiger partial charge < -0.3 is 10.2 Å². The Hall–Kier alpha value is -2.29. The van der Waals surface area contributed by atoms with Crippen molar-refractivity contribution in [3.05, 3.63) is 63.6 Å². The van der Waals surface area contributed by atoms with Crippen LogP contribution in [0.5, 0.6) is 0 Å². The van der Waals surface area contributed by atoms with Crippen LogP contribution in [-0.2, 0) is 26.2 Å². The summed E-state index contributed by atoms with van der Waals surface area (Å²) in [6, 6.07) is 11.1. The van der Waals surface area contributed by atoms with E-state index in [1.54, 1.807) is 6.92 Å². The maximum atomic E-state index is 13.4. The van der Waals surface area contributed by atoms with E-state index in [4.69, 9.17) is 23.2 Å². The summed E-state index contributed by atoms with van der Waals surface area (Å²) < 4.78 is 26.0. The van der Waals surface area contributed by atoms with Gasteiger partial charge in [0.15, 0.2) is 0 Å². The smallest absolute Gasteiger partial charge is 0.244 e. The normalized spacial score (nSPS) is 12.2. The zero-order valence-corrected chi connectivity index (χ0v) is 20.8. The number of carbonyl (C=O) groups is 2. The SMILES string of the molecule is CC[C@@H](C(=O)NC)N(Cc1cccc(C)c1)C(=O)CN(c1cc(Cl)cc(Cl)c1)S(C)(=O)=O. The topological polar surface area (TPSA) is 86.8 Å². The molecule has 0 unspecified atom stereocenters. The highest BCUT2D eigenvalue weighted by molar-refractivity contribution is 7.92. The van der Waals surface area contributed by atoms with Crippen molar-refractivity contribution in [3.8, 4) is 0 Å². The molecule has 0 saturated carbocycles. The number of hydrogen-bond acceptors (Lipinski definition) is 4. The number of nitrogens with one attached hydrogen (secondary N) is 1. The number of aryl methyl sites for hydroxylation is 1. The number of benzene rings is 2. The van der Waals surface area contributed by atoms with Gasteiger partial charge in [0.2, 0.25) is 21.8 Å². The van der Waals surface area contributed by atoms with E-state index >= 15 is 0 Å². The molecule has 2 aromatic carbocycles. The molecule has 0 radical (unpaired) electrons. The first-order valence-electron chi connectivity index (χ1n) is 9.96. The highest BCUT2D eigenvalue weighted by atomic mass is 35.5. The molecule has 0 saturated heterocycles. The van der Waals surface area contributed by atoms with Gasteiger partial charge in [0.1, 0.15) is 12.6 Å². The van der Waals surface area contributed by atoms with Gasteiger partial charge in [0.25, 0.3) is 0 Å². The Bertz CT molecular complexity index is 1070. The van der Waals surface area contributed by atoms with E-state index in [9.17, 15) is 18.0 Å². The maximum absolute atomic E-state index is 13.4. The lowest BCUT2D eigenvalue weighted by Gasteiger charge is -2.32. The van der Waals surface area contributed by atoms with Crippen LogP contribution in [0.2, 0.25) is 10.0 Å². The molecule has 1 N–H and O–H groups in total. The average Bonchev–Trinajstić information content (AvgIpc) is 2.69. The summed E-state index contributed by atoms with van der Waals surface area (Å²) in [5, 5.41) is 3.06. The van der Waals surface area contributed by atoms with Gasteiger partial charge in [-0.1, -0.05) is 60.0 Å². The molecule has 2 aromatic rings. The molecular weight excluding hydrogens is 473 g/mol. The third kappa shape index (κ3) is 6.85. The molecule has 0 aliphatic rings. The second-order valence-corrected chi connectivity index (χ2v) is 10.2. The summed E-state index contributed by atoms with van der Waals surface area (Å²) in [6.45, 7) is 3.37. The fourth-order valence-corrected chi connectivity index (χ4v) is 4.74. The van der Waals surface area contributed by atoms with Crippen molar-refractivity contribution in [1.82, 2.24) is 10.2 Å². The Kier molecular flexibility index (Phi) is 8.95. The third-order valence-corrected chi connectivity index (χ3v) is 6.46. The van der Waals surface area contributed by atoms with Gasteiger partial charge >= 0.3 is 0 Å². The van der Waals surface area contributed by atoms with Crippen LogP contribution >= 0.6 is 23.2 Å². The van der Waals surface area contributed by atoms with Gasteiger partial charge in [-0.25, -0.2) is 8.42 Å². The van der Waals surface area contributed by atoms with E-state index in [1.807, 2.05) is 31.2 Å². The van der Waals surface area contributed by atoms with E-state index in [0.29, 0.717) is 6.42 Å². The number of nitrogens with zero attached hydrogens (tertiary/aromatic N) is 2. The van der Waals surface area contributed by atoms with Crippen LogP contribution in [0, 0.1) is 6.92 Å². The number of carbonyl (C=O) groups excluding carboxylic acids is 2. The van der Waals surface area contributed by atoms with E-state index in [-0.39, 0.29) is 28.2 Å². The van der Waals surface area contributed by atoms with Crippen molar-refractivity contribution < 1.29 is 18.0 Å². The Morgan fingerprint density at radius 2 is 1.72 bits per heavy atom. The minimum absolute atomic E-state index is 0.153. The molecule has 0 spiro atoms. The largest absolute Gasteiger partial charge is 0.357 e. The van der Waals surface area contributed by atoms with E-state index in [0.717, 1.165) is 21.7 Å². The molecule has 174 valence electrons. The Balaban J connectivity index is 2.46. The Labute approximate surface area is 199 Å². The molecule has 0 aliphatic carbocycles. The first-order valence-corrected chi connectivity index (χ1v) is 12.6. The summed E-state index contributed by atoms with van der Waals surface area (Å²) in [5.74, 6) is -0.853. The molecule has 2 amide bonds. The van der Waals surface area contributed by atoms with Crippen LogP contribution in [0.1, 0.15) is 24.5 Å². The van der Waals surface area contributed by atoms with Gasteiger partial charge in [-0.05, 0) is 37.1 Å². The fourth-order valence-electron chi connectivity index (χ4n) is 3.39. The number of anilines is 1. The molecule has 0 heterocycles. The number of halogens is 2. The first kappa shape index (κ1) is 26.0. The number of rotatable bonds is 9. The number of sulfonamides is 1. The predicted octanol–water partition coefficient (Wildman–Crippen LogP) is 3.62. The van der Waals surface area contributed by atoms with Crippen molar-refractivity contribution >= 4 is 50.7 Å². The summed E-state index contributed by atoms with van der Waals surface area (Å²) in [5.41, 5.74) is 2.01. The minimum atomic E-state index is -3.85.